The van der Waals surface area contributed by atoms with E-state index >= 15 is 0 Å². The van der Waals surface area contributed by atoms with Crippen molar-refractivity contribution in [1.29, 1.82) is 0 Å². The lowest BCUT2D eigenvalue weighted by atomic mass is 10.1. The van der Waals surface area contributed by atoms with Gasteiger partial charge in [-0.25, -0.2) is 18.4 Å². The molecule has 11 nitrogen and oxygen atoms in total. The quantitative estimate of drug-likeness (QED) is 0.172. The van der Waals surface area contributed by atoms with Crippen molar-refractivity contribution in [3.63, 3.8) is 0 Å². The summed E-state index contributed by atoms with van der Waals surface area (Å²) in [5.74, 6) is -1.04. The van der Waals surface area contributed by atoms with Gasteiger partial charge < -0.3 is 19.7 Å². The first kappa shape index (κ1) is 33.9. The first-order chi connectivity index (χ1) is 22.6. The minimum atomic E-state index is -4.98. The van der Waals surface area contributed by atoms with Gasteiger partial charge in [0.1, 0.15) is 28.1 Å². The van der Waals surface area contributed by atoms with Gasteiger partial charge in [0.2, 0.25) is 15.9 Å². The molecule has 4 aromatic rings. The number of nitrogens with one attached hydrogen (secondary N) is 1. The molecule has 0 bridgehead atoms. The summed E-state index contributed by atoms with van der Waals surface area (Å²) in [6.07, 6.45) is -7.99. The van der Waals surface area contributed by atoms with Crippen LogP contribution >= 0.6 is 22.9 Å². The number of sulfonamides is 1. The highest BCUT2D eigenvalue weighted by Gasteiger charge is 2.41. The van der Waals surface area contributed by atoms with E-state index in [-0.39, 0.29) is 42.1 Å². The van der Waals surface area contributed by atoms with Crippen molar-refractivity contribution in [3.8, 4) is 11.5 Å². The van der Waals surface area contributed by atoms with Crippen LogP contribution in [0.25, 0.3) is 10.3 Å². The molecule has 0 radical (unpaired) electrons. The summed E-state index contributed by atoms with van der Waals surface area (Å²) in [5.41, 5.74) is 0.762. The Bertz CT molecular complexity index is 1920. The number of halogens is 7. The molecular formula is C28H23ClF6N6O5S2. The molecule has 6 rings (SSSR count). The van der Waals surface area contributed by atoms with Gasteiger partial charge in [0.05, 0.1) is 4.90 Å². The number of rotatable bonds is 9. The van der Waals surface area contributed by atoms with Gasteiger partial charge in [0.25, 0.3) is 0 Å². The number of hydrogen-bond acceptors (Lipinski definition) is 10. The number of alkyl halides is 6. The molecule has 0 unspecified atom stereocenters. The van der Waals surface area contributed by atoms with Crippen molar-refractivity contribution < 1.29 is 49.0 Å². The van der Waals surface area contributed by atoms with Crippen LogP contribution in [0.15, 0.2) is 53.4 Å². The Balaban J connectivity index is 1.25. The first-order valence-electron chi connectivity index (χ1n) is 14.1. The number of hydrogen-bond donors (Lipinski definition) is 1. The second-order valence-electron chi connectivity index (χ2n) is 10.8. The van der Waals surface area contributed by atoms with Crippen LogP contribution in [-0.4, -0.2) is 72.0 Å². The summed E-state index contributed by atoms with van der Waals surface area (Å²) in [6.45, 7) is -0.485. The average Bonchev–Trinajstić information content (AvgIpc) is 3.77. The second-order valence-corrected chi connectivity index (χ2v) is 14.0. The minimum Gasteiger partial charge on any atom is -0.406 e. The molecule has 1 amide bonds. The molecule has 0 spiro atoms. The summed E-state index contributed by atoms with van der Waals surface area (Å²) >= 11 is 7.59. The average molecular weight is 737 g/mol. The normalized spacial score (nSPS) is 17.8. The molecule has 256 valence electrons. The zero-order valence-electron chi connectivity index (χ0n) is 24.3. The van der Waals surface area contributed by atoms with Crippen LogP contribution in [0.2, 0.25) is 5.15 Å². The third-order valence-corrected chi connectivity index (χ3v) is 10.8. The number of ether oxygens (including phenoxy) is 2. The van der Waals surface area contributed by atoms with E-state index in [1.165, 1.54) is 23.5 Å². The summed E-state index contributed by atoms with van der Waals surface area (Å²) in [6, 6.07) is 6.94. The third kappa shape index (κ3) is 7.85. The molecule has 2 aromatic carbocycles. The zero-order valence-corrected chi connectivity index (χ0v) is 26.6. The Hall–Kier alpha value is -3.94. The van der Waals surface area contributed by atoms with Gasteiger partial charge in [0, 0.05) is 32.1 Å². The fraction of sp³-hybridized carbons (Fsp3) is 0.357. The number of fused-ring (bicyclic) bond motifs is 1. The monoisotopic (exact) mass is 736 g/mol. The fourth-order valence-corrected chi connectivity index (χ4v) is 7.74. The van der Waals surface area contributed by atoms with E-state index in [1.54, 1.807) is 4.90 Å². The van der Waals surface area contributed by atoms with Gasteiger partial charge in [-0.3, -0.25) is 4.79 Å². The molecule has 1 N–H and O–H groups in total. The van der Waals surface area contributed by atoms with Crippen molar-refractivity contribution in [2.45, 2.75) is 49.0 Å². The molecule has 1 saturated carbocycles. The number of carbonyl (C=O) groups excluding carboxylic acids is 1. The standard InChI is InChI=1S/C28H23ClF6N6O5S2/c29-22-21-24(38-23(37-22)16-3-4-16)39-26(47-21)40-11-12-41(48(43,44)19-9-7-18(8-10-19)46-28(33,34)35)20(14-40)25(42)36-13-15-1-5-17(6-2-15)45-27(30,31)32/h1-2,5-10,16,20H,3-4,11-14H2,(H,36,42)/t20-/m1/s1. The summed E-state index contributed by atoms with van der Waals surface area (Å²) < 4.78 is 112. The van der Waals surface area contributed by atoms with E-state index in [1.807, 2.05) is 0 Å². The van der Waals surface area contributed by atoms with Gasteiger partial charge in [0.15, 0.2) is 15.9 Å². The van der Waals surface area contributed by atoms with E-state index in [9.17, 15) is 39.6 Å². The molecule has 20 heteroatoms. The maximum Gasteiger partial charge on any atom is 0.573 e. The van der Waals surface area contributed by atoms with Gasteiger partial charge in [-0.05, 0) is 54.8 Å². The Morgan fingerprint density at radius 3 is 2.10 bits per heavy atom. The van der Waals surface area contributed by atoms with Crippen LogP contribution in [-0.2, 0) is 21.4 Å². The Morgan fingerprint density at radius 2 is 1.52 bits per heavy atom. The predicted molar refractivity (Wildman–Crippen MR) is 160 cm³/mol. The Morgan fingerprint density at radius 1 is 0.917 bits per heavy atom. The number of piperazine rings is 1. The van der Waals surface area contributed by atoms with E-state index in [0.717, 1.165) is 53.5 Å². The largest absolute Gasteiger partial charge is 0.573 e. The lowest BCUT2D eigenvalue weighted by Crippen LogP contribution is -2.60. The molecule has 2 aliphatic rings. The van der Waals surface area contributed by atoms with Gasteiger partial charge >= 0.3 is 12.7 Å². The van der Waals surface area contributed by atoms with E-state index in [0.29, 0.717) is 26.9 Å². The van der Waals surface area contributed by atoms with Gasteiger partial charge in [-0.1, -0.05) is 35.1 Å². The smallest absolute Gasteiger partial charge is 0.406 e. The Labute approximate surface area is 277 Å². The van der Waals surface area contributed by atoms with Gasteiger partial charge in [-0.2, -0.15) is 9.29 Å². The lowest BCUT2D eigenvalue weighted by Gasteiger charge is -2.39. The molecule has 1 atom stereocenters. The first-order valence-corrected chi connectivity index (χ1v) is 16.8. The fourth-order valence-electron chi connectivity index (χ4n) is 4.96. The van der Waals surface area contributed by atoms with Crippen LogP contribution in [0.1, 0.15) is 30.1 Å². The van der Waals surface area contributed by atoms with E-state index < -0.39 is 46.2 Å². The maximum absolute atomic E-state index is 13.8. The van der Waals surface area contributed by atoms with E-state index in [2.05, 4.69) is 29.7 Å². The van der Waals surface area contributed by atoms with Crippen molar-refractivity contribution in [3.05, 3.63) is 65.1 Å². The highest BCUT2D eigenvalue weighted by Crippen LogP contribution is 2.41. The highest BCUT2D eigenvalue weighted by molar-refractivity contribution is 7.89. The predicted octanol–water partition coefficient (Wildman–Crippen LogP) is 5.61. The number of carbonyl (C=O) groups is 1. The SMILES string of the molecule is O=C(NCc1ccc(OC(F)(F)F)cc1)[C@H]1CN(c2nc3nc(C4CC4)nc(Cl)c3s2)CCN1S(=O)(=O)c1ccc(OC(F)(F)F)cc1. The number of anilines is 1. The van der Waals surface area contributed by atoms with Crippen LogP contribution in [0.4, 0.5) is 31.5 Å². The molecule has 3 heterocycles. The minimum absolute atomic E-state index is 0.0826. The number of aromatic nitrogens is 3. The summed E-state index contributed by atoms with van der Waals surface area (Å²) in [4.78, 5) is 28.4. The number of benzene rings is 2. The van der Waals surface area contributed by atoms with Crippen LogP contribution in [0.5, 0.6) is 11.5 Å². The molecule has 1 saturated heterocycles. The van der Waals surface area contributed by atoms with Crippen molar-refractivity contribution in [2.75, 3.05) is 24.5 Å². The molecule has 1 aliphatic heterocycles. The summed E-state index contributed by atoms with van der Waals surface area (Å²) in [5, 5.41) is 3.26. The number of nitrogens with zero attached hydrogens (tertiary/aromatic N) is 5. The van der Waals surface area contributed by atoms with Crippen LogP contribution in [0, 0.1) is 0 Å². The van der Waals surface area contributed by atoms with Crippen LogP contribution < -0.4 is 19.7 Å². The molecular weight excluding hydrogens is 714 g/mol. The van der Waals surface area contributed by atoms with Crippen molar-refractivity contribution in [1.82, 2.24) is 24.6 Å². The highest BCUT2D eigenvalue weighted by atomic mass is 35.5. The van der Waals surface area contributed by atoms with Gasteiger partial charge in [-0.15, -0.1) is 26.3 Å². The molecule has 48 heavy (non-hydrogen) atoms. The third-order valence-electron chi connectivity index (χ3n) is 7.35. The van der Waals surface area contributed by atoms with Crippen LogP contribution in [0.3, 0.4) is 0 Å². The summed E-state index contributed by atoms with van der Waals surface area (Å²) in [7, 11) is -4.44. The second kappa shape index (κ2) is 12.8. The topological polar surface area (TPSA) is 127 Å². The van der Waals surface area contributed by atoms with Crippen molar-refractivity contribution >= 4 is 54.3 Å². The molecule has 2 fully saturated rings. The maximum atomic E-state index is 13.8. The van der Waals surface area contributed by atoms with Crippen molar-refractivity contribution in [2.24, 2.45) is 0 Å². The number of thiazole rings is 1. The van der Waals surface area contributed by atoms with E-state index in [4.69, 9.17) is 11.6 Å². The lowest BCUT2D eigenvalue weighted by molar-refractivity contribution is -0.275. The Kier molecular flexibility index (Phi) is 9.07. The molecule has 2 aromatic heterocycles. The zero-order chi connectivity index (χ0) is 34.4. The molecule has 1 aliphatic carbocycles. The number of amides is 1.